The van der Waals surface area contributed by atoms with E-state index < -0.39 is 0 Å². The Kier molecular flexibility index (Phi) is 6.58. The zero-order chi connectivity index (χ0) is 15.1. The topological polar surface area (TPSA) is 18.5 Å². The van der Waals surface area contributed by atoms with Crippen molar-refractivity contribution in [3.8, 4) is 11.5 Å². The molecule has 0 saturated heterocycles. The van der Waals surface area contributed by atoms with Crippen molar-refractivity contribution >= 4 is 31.9 Å². The lowest BCUT2D eigenvalue weighted by Gasteiger charge is -2.14. The first kappa shape index (κ1) is 16.4. The Balaban J connectivity index is 1.93. The Morgan fingerprint density at radius 2 is 1.81 bits per heavy atom. The van der Waals surface area contributed by atoms with Crippen LogP contribution in [-0.2, 0) is 11.8 Å². The lowest BCUT2D eigenvalue weighted by atomic mass is 10.1. The third-order valence-electron chi connectivity index (χ3n) is 3.14. The first-order valence-corrected chi connectivity index (χ1v) is 8.75. The van der Waals surface area contributed by atoms with Gasteiger partial charge in [0.05, 0.1) is 18.2 Å². The largest absolute Gasteiger partial charge is 0.493 e. The van der Waals surface area contributed by atoms with Gasteiger partial charge in [0.2, 0.25) is 0 Å². The van der Waals surface area contributed by atoms with Crippen LogP contribution in [0.3, 0.4) is 0 Å². The molecule has 0 N–H and O–H groups in total. The van der Waals surface area contributed by atoms with E-state index >= 15 is 0 Å². The van der Waals surface area contributed by atoms with Crippen LogP contribution in [0.5, 0.6) is 11.5 Å². The van der Waals surface area contributed by atoms with Crippen LogP contribution in [0.4, 0.5) is 0 Å². The van der Waals surface area contributed by atoms with Gasteiger partial charge in [-0.05, 0) is 52.0 Å². The normalized spacial score (nSPS) is 10.4. The van der Waals surface area contributed by atoms with Crippen LogP contribution in [-0.4, -0.2) is 13.7 Å². The maximum Gasteiger partial charge on any atom is 0.175 e. The number of aryl methyl sites for hydroxylation is 1. The highest BCUT2D eigenvalue weighted by molar-refractivity contribution is 9.10. The maximum atomic E-state index is 5.89. The fraction of sp³-hybridized carbons (Fsp3) is 0.294. The molecule has 0 unspecified atom stereocenters. The second-order valence-corrected chi connectivity index (χ2v) is 6.10. The van der Waals surface area contributed by atoms with E-state index in [0.29, 0.717) is 6.61 Å². The van der Waals surface area contributed by atoms with Gasteiger partial charge < -0.3 is 9.47 Å². The second-order valence-electron chi connectivity index (χ2n) is 4.68. The van der Waals surface area contributed by atoms with E-state index in [1.54, 1.807) is 7.11 Å². The highest BCUT2D eigenvalue weighted by Crippen LogP contribution is 2.37. The van der Waals surface area contributed by atoms with E-state index in [2.05, 4.69) is 56.1 Å². The number of hydrogen-bond acceptors (Lipinski definition) is 2. The second kappa shape index (κ2) is 8.44. The summed E-state index contributed by atoms with van der Waals surface area (Å²) in [5.41, 5.74) is 2.48. The van der Waals surface area contributed by atoms with Crippen molar-refractivity contribution in [2.45, 2.75) is 18.2 Å². The van der Waals surface area contributed by atoms with E-state index in [1.165, 1.54) is 5.56 Å². The highest BCUT2D eigenvalue weighted by atomic mass is 79.9. The molecule has 0 fully saturated rings. The van der Waals surface area contributed by atoms with Gasteiger partial charge in [-0.3, -0.25) is 0 Å². The Morgan fingerprint density at radius 3 is 2.48 bits per heavy atom. The Labute approximate surface area is 142 Å². The van der Waals surface area contributed by atoms with Gasteiger partial charge in [-0.15, -0.1) is 0 Å². The molecular formula is C17H18Br2O2. The van der Waals surface area contributed by atoms with Crippen LogP contribution >= 0.6 is 31.9 Å². The fourth-order valence-electron chi connectivity index (χ4n) is 2.09. The molecule has 0 aliphatic carbocycles. The number of benzene rings is 2. The fourth-order valence-corrected chi connectivity index (χ4v) is 3.01. The number of halogens is 2. The summed E-state index contributed by atoms with van der Waals surface area (Å²) < 4.78 is 12.2. The summed E-state index contributed by atoms with van der Waals surface area (Å²) in [6.07, 6.45) is 1.99. The predicted octanol–water partition coefficient (Wildman–Crippen LogP) is 5.36. The molecule has 2 aromatic rings. The zero-order valence-corrected chi connectivity index (χ0v) is 15.1. The van der Waals surface area contributed by atoms with Crippen LogP contribution in [0.15, 0.2) is 46.9 Å². The minimum Gasteiger partial charge on any atom is -0.493 e. The molecular weight excluding hydrogens is 396 g/mol. The van der Waals surface area contributed by atoms with Crippen LogP contribution in [0.2, 0.25) is 0 Å². The van der Waals surface area contributed by atoms with Crippen molar-refractivity contribution in [2.75, 3.05) is 13.7 Å². The summed E-state index contributed by atoms with van der Waals surface area (Å²) in [5.74, 6) is 1.54. The van der Waals surface area contributed by atoms with Crippen LogP contribution in [0.25, 0.3) is 0 Å². The van der Waals surface area contributed by atoms with Gasteiger partial charge in [0.25, 0.3) is 0 Å². The zero-order valence-electron chi connectivity index (χ0n) is 11.9. The molecule has 4 heteroatoms. The first-order valence-electron chi connectivity index (χ1n) is 6.83. The molecule has 0 bridgehead atoms. The lowest BCUT2D eigenvalue weighted by Crippen LogP contribution is -2.02. The third kappa shape index (κ3) is 4.75. The average Bonchev–Trinajstić information content (AvgIpc) is 2.53. The summed E-state index contributed by atoms with van der Waals surface area (Å²) in [5, 5.41) is 0.788. The van der Waals surface area contributed by atoms with Gasteiger partial charge in [0, 0.05) is 5.33 Å². The molecule has 0 aliphatic rings. The molecule has 0 saturated carbocycles. The molecule has 0 aromatic heterocycles. The SMILES string of the molecule is COc1cc(CBr)cc(Br)c1OCCCc1ccccc1. The van der Waals surface area contributed by atoms with E-state index in [0.717, 1.165) is 39.7 Å². The first-order chi connectivity index (χ1) is 10.2. The van der Waals surface area contributed by atoms with Gasteiger partial charge in [0.1, 0.15) is 0 Å². The van der Waals surface area contributed by atoms with Gasteiger partial charge in [-0.1, -0.05) is 46.3 Å². The minimum atomic E-state index is 0.664. The smallest absolute Gasteiger partial charge is 0.175 e. The van der Waals surface area contributed by atoms with Crippen molar-refractivity contribution in [3.05, 3.63) is 58.1 Å². The molecule has 21 heavy (non-hydrogen) atoms. The summed E-state index contributed by atoms with van der Waals surface area (Å²) in [6, 6.07) is 14.5. The van der Waals surface area contributed by atoms with Crippen molar-refractivity contribution in [3.63, 3.8) is 0 Å². The highest BCUT2D eigenvalue weighted by Gasteiger charge is 2.11. The molecule has 2 nitrogen and oxygen atoms in total. The molecule has 112 valence electrons. The number of ether oxygens (including phenoxy) is 2. The molecule has 0 amide bonds. The molecule has 0 spiro atoms. The van der Waals surface area contributed by atoms with Crippen molar-refractivity contribution in [1.29, 1.82) is 0 Å². The molecule has 0 atom stereocenters. The van der Waals surface area contributed by atoms with Crippen molar-refractivity contribution < 1.29 is 9.47 Å². The predicted molar refractivity (Wildman–Crippen MR) is 93.6 cm³/mol. The summed E-state index contributed by atoms with van der Waals surface area (Å²) in [4.78, 5) is 0. The van der Waals surface area contributed by atoms with Gasteiger partial charge >= 0.3 is 0 Å². The Hall–Kier alpha value is -1.00. The standard InChI is InChI=1S/C17H18Br2O2/c1-20-16-11-14(12-18)10-15(19)17(16)21-9-5-8-13-6-3-2-4-7-13/h2-4,6-7,10-11H,5,8-9,12H2,1H3. The Morgan fingerprint density at radius 1 is 1.05 bits per heavy atom. The minimum absolute atomic E-state index is 0.664. The molecule has 0 aliphatic heterocycles. The van der Waals surface area contributed by atoms with Crippen LogP contribution in [0.1, 0.15) is 17.5 Å². The van der Waals surface area contributed by atoms with Crippen LogP contribution in [0, 0.1) is 0 Å². The summed E-state index contributed by atoms with van der Waals surface area (Å²) in [7, 11) is 1.66. The number of alkyl halides is 1. The van der Waals surface area contributed by atoms with Gasteiger partial charge in [-0.2, -0.15) is 0 Å². The Bertz CT molecular complexity index is 571. The van der Waals surface area contributed by atoms with E-state index in [-0.39, 0.29) is 0 Å². The number of rotatable bonds is 7. The molecule has 2 aromatic carbocycles. The third-order valence-corrected chi connectivity index (χ3v) is 4.38. The van der Waals surface area contributed by atoms with Crippen molar-refractivity contribution in [1.82, 2.24) is 0 Å². The maximum absolute atomic E-state index is 5.89. The number of methoxy groups -OCH3 is 1. The van der Waals surface area contributed by atoms with E-state index in [1.807, 2.05) is 18.2 Å². The molecule has 2 rings (SSSR count). The molecule has 0 radical (unpaired) electrons. The van der Waals surface area contributed by atoms with Crippen molar-refractivity contribution in [2.24, 2.45) is 0 Å². The van der Waals surface area contributed by atoms with Gasteiger partial charge in [-0.25, -0.2) is 0 Å². The lowest BCUT2D eigenvalue weighted by molar-refractivity contribution is 0.287. The average molecular weight is 414 g/mol. The summed E-state index contributed by atoms with van der Waals surface area (Å²) in [6.45, 7) is 0.664. The number of hydrogen-bond donors (Lipinski definition) is 0. The summed E-state index contributed by atoms with van der Waals surface area (Å²) >= 11 is 7.00. The van der Waals surface area contributed by atoms with E-state index in [9.17, 15) is 0 Å². The van der Waals surface area contributed by atoms with E-state index in [4.69, 9.17) is 9.47 Å². The monoisotopic (exact) mass is 412 g/mol. The molecule has 0 heterocycles. The van der Waals surface area contributed by atoms with Crippen LogP contribution < -0.4 is 9.47 Å². The quantitative estimate of drug-likeness (QED) is 0.449. The van der Waals surface area contributed by atoms with Gasteiger partial charge in [0.15, 0.2) is 11.5 Å².